The third-order valence-electron chi connectivity index (χ3n) is 3.55. The molecule has 1 unspecified atom stereocenters. The Morgan fingerprint density at radius 3 is 2.57 bits per heavy atom. The fourth-order valence-electron chi connectivity index (χ4n) is 2.40. The van der Waals surface area contributed by atoms with E-state index >= 15 is 0 Å². The van der Waals surface area contributed by atoms with E-state index in [9.17, 15) is 14.7 Å². The fourth-order valence-corrected chi connectivity index (χ4v) is 2.60. The summed E-state index contributed by atoms with van der Waals surface area (Å²) in [4.78, 5) is 27.0. The Labute approximate surface area is 127 Å². The molecule has 0 saturated carbocycles. The molecule has 21 heavy (non-hydrogen) atoms. The number of anilines is 1. The molecular formula is C14H14ClN3O3. The van der Waals surface area contributed by atoms with E-state index in [2.05, 4.69) is 0 Å². The van der Waals surface area contributed by atoms with E-state index in [1.165, 1.54) is 17.0 Å². The summed E-state index contributed by atoms with van der Waals surface area (Å²) in [5, 5.41) is 18.5. The molecule has 1 aliphatic heterocycles. The van der Waals surface area contributed by atoms with Gasteiger partial charge in [0.25, 0.3) is 5.91 Å². The van der Waals surface area contributed by atoms with Crippen LogP contribution in [0.15, 0.2) is 12.1 Å². The van der Waals surface area contributed by atoms with Crippen molar-refractivity contribution in [1.82, 2.24) is 4.90 Å². The quantitative estimate of drug-likeness (QED) is 0.861. The van der Waals surface area contributed by atoms with Gasteiger partial charge >= 0.3 is 6.03 Å². The molecule has 1 aliphatic rings. The lowest BCUT2D eigenvalue weighted by Crippen LogP contribution is -2.37. The van der Waals surface area contributed by atoms with Crippen LogP contribution in [0.25, 0.3) is 0 Å². The third-order valence-corrected chi connectivity index (χ3v) is 4.04. The summed E-state index contributed by atoms with van der Waals surface area (Å²) in [6.45, 7) is 3.25. The zero-order valence-electron chi connectivity index (χ0n) is 11.6. The number of hydrogen-bond donors (Lipinski definition) is 1. The van der Waals surface area contributed by atoms with Crippen molar-refractivity contribution in [2.24, 2.45) is 0 Å². The molecule has 0 spiro atoms. The molecule has 6 nitrogen and oxygen atoms in total. The zero-order valence-corrected chi connectivity index (χ0v) is 12.4. The van der Waals surface area contributed by atoms with Crippen LogP contribution in [0.2, 0.25) is 5.02 Å². The first-order chi connectivity index (χ1) is 9.97. The molecule has 2 rings (SSSR count). The van der Waals surface area contributed by atoms with Crippen molar-refractivity contribution in [2.75, 3.05) is 18.1 Å². The van der Waals surface area contributed by atoms with E-state index in [0.717, 1.165) is 4.90 Å². The second-order valence-corrected chi connectivity index (χ2v) is 5.00. The number of aliphatic hydroxyl groups excluding tert-OH is 1. The lowest BCUT2D eigenvalue weighted by molar-refractivity contribution is -0.120. The molecule has 1 saturated heterocycles. The van der Waals surface area contributed by atoms with Crippen LogP contribution in [-0.2, 0) is 4.79 Å². The minimum Gasteiger partial charge on any atom is -0.394 e. The van der Waals surface area contributed by atoms with Crippen molar-refractivity contribution in [3.8, 4) is 6.07 Å². The first-order valence-electron chi connectivity index (χ1n) is 6.42. The fraction of sp³-hybridized carbons (Fsp3) is 0.357. The molecule has 1 fully saturated rings. The van der Waals surface area contributed by atoms with Crippen LogP contribution in [0, 0.1) is 18.3 Å². The number of nitriles is 1. The van der Waals surface area contributed by atoms with Crippen LogP contribution in [0.3, 0.4) is 0 Å². The predicted octanol–water partition coefficient (Wildman–Crippen LogP) is 1.67. The number of nitrogens with zero attached hydrogens (tertiary/aromatic N) is 3. The van der Waals surface area contributed by atoms with Gasteiger partial charge in [0.05, 0.1) is 22.9 Å². The summed E-state index contributed by atoms with van der Waals surface area (Å²) in [6.07, 6.45) is 0. The summed E-state index contributed by atoms with van der Waals surface area (Å²) in [6, 6.07) is 3.56. The van der Waals surface area contributed by atoms with Crippen molar-refractivity contribution in [3.63, 3.8) is 0 Å². The average Bonchev–Trinajstić information content (AvgIpc) is 2.72. The summed E-state index contributed by atoms with van der Waals surface area (Å²) >= 11 is 6.08. The summed E-state index contributed by atoms with van der Waals surface area (Å²) in [7, 11) is 0. The number of carbonyl (C=O) groups excluding carboxylic acids is 2. The van der Waals surface area contributed by atoms with Crippen LogP contribution < -0.4 is 4.90 Å². The van der Waals surface area contributed by atoms with Crippen LogP contribution in [0.1, 0.15) is 18.1 Å². The number of imide groups is 1. The van der Waals surface area contributed by atoms with Crippen LogP contribution in [0.5, 0.6) is 0 Å². The second-order valence-electron chi connectivity index (χ2n) is 4.62. The van der Waals surface area contributed by atoms with E-state index in [0.29, 0.717) is 17.8 Å². The topological polar surface area (TPSA) is 84.6 Å². The van der Waals surface area contributed by atoms with Crippen molar-refractivity contribution in [3.05, 3.63) is 28.3 Å². The SMILES string of the molecule is CCN1C(=O)N(c2ccc(C#N)c(Cl)c2C)C(=O)C1CO. The molecule has 1 aromatic rings. The molecule has 7 heteroatoms. The number of amides is 3. The van der Waals surface area contributed by atoms with Gasteiger partial charge in [0.1, 0.15) is 12.1 Å². The van der Waals surface area contributed by atoms with Crippen molar-refractivity contribution >= 4 is 29.2 Å². The summed E-state index contributed by atoms with van der Waals surface area (Å²) < 4.78 is 0. The lowest BCUT2D eigenvalue weighted by atomic mass is 10.1. The molecule has 110 valence electrons. The normalized spacial score (nSPS) is 18.3. The predicted molar refractivity (Wildman–Crippen MR) is 77.0 cm³/mol. The summed E-state index contributed by atoms with van der Waals surface area (Å²) in [5.41, 5.74) is 1.10. The number of hydrogen-bond acceptors (Lipinski definition) is 4. The molecule has 0 radical (unpaired) electrons. The Morgan fingerprint density at radius 2 is 2.10 bits per heavy atom. The Morgan fingerprint density at radius 1 is 1.43 bits per heavy atom. The van der Waals surface area contributed by atoms with Gasteiger partial charge in [-0.2, -0.15) is 5.26 Å². The minimum absolute atomic E-state index is 0.214. The zero-order chi connectivity index (χ0) is 15.7. The molecule has 1 N–H and O–H groups in total. The highest BCUT2D eigenvalue weighted by atomic mass is 35.5. The molecule has 3 amide bonds. The van der Waals surface area contributed by atoms with Crippen molar-refractivity contribution < 1.29 is 14.7 Å². The van der Waals surface area contributed by atoms with Gasteiger partial charge in [0.2, 0.25) is 0 Å². The third kappa shape index (κ3) is 2.24. The lowest BCUT2D eigenvalue weighted by Gasteiger charge is -2.19. The number of benzene rings is 1. The van der Waals surface area contributed by atoms with Crippen LogP contribution in [0.4, 0.5) is 10.5 Å². The number of aliphatic hydroxyl groups is 1. The maximum absolute atomic E-state index is 12.3. The van der Waals surface area contributed by atoms with E-state index in [4.69, 9.17) is 16.9 Å². The van der Waals surface area contributed by atoms with Gasteiger partial charge < -0.3 is 10.0 Å². The van der Waals surface area contributed by atoms with Gasteiger partial charge in [-0.3, -0.25) is 4.79 Å². The molecule has 0 aromatic heterocycles. The van der Waals surface area contributed by atoms with Gasteiger partial charge in [0.15, 0.2) is 0 Å². The highest BCUT2D eigenvalue weighted by Crippen LogP contribution is 2.33. The first-order valence-corrected chi connectivity index (χ1v) is 6.80. The van der Waals surface area contributed by atoms with Gasteiger partial charge in [-0.1, -0.05) is 11.6 Å². The standard InChI is InChI=1S/C14H14ClN3O3/c1-3-17-11(7-19)13(20)18(14(17)21)10-5-4-9(6-16)12(15)8(10)2/h4-5,11,19H,3,7H2,1-2H3. The van der Waals surface area contributed by atoms with E-state index < -0.39 is 24.6 Å². The Balaban J connectivity index is 2.53. The van der Waals surface area contributed by atoms with Crippen LogP contribution >= 0.6 is 11.6 Å². The van der Waals surface area contributed by atoms with Gasteiger partial charge in [0, 0.05) is 6.54 Å². The Hall–Kier alpha value is -2.10. The minimum atomic E-state index is -0.878. The summed E-state index contributed by atoms with van der Waals surface area (Å²) in [5.74, 6) is -0.492. The number of halogens is 1. The highest BCUT2D eigenvalue weighted by Gasteiger charge is 2.45. The average molecular weight is 308 g/mol. The van der Waals surface area contributed by atoms with Crippen LogP contribution in [-0.4, -0.2) is 41.1 Å². The van der Waals surface area contributed by atoms with Crippen molar-refractivity contribution in [2.45, 2.75) is 19.9 Å². The molecule has 0 bridgehead atoms. The van der Waals surface area contributed by atoms with Crippen molar-refractivity contribution in [1.29, 1.82) is 5.26 Å². The van der Waals surface area contributed by atoms with E-state index in [1.807, 2.05) is 6.07 Å². The largest absolute Gasteiger partial charge is 0.394 e. The second kappa shape index (κ2) is 5.72. The molecule has 1 aromatic carbocycles. The number of rotatable bonds is 3. The number of likely N-dealkylation sites (N-methyl/N-ethyl adjacent to an activating group) is 1. The maximum atomic E-state index is 12.3. The Kier molecular flexibility index (Phi) is 4.16. The highest BCUT2D eigenvalue weighted by molar-refractivity contribution is 6.33. The molecular weight excluding hydrogens is 294 g/mol. The number of carbonyl (C=O) groups is 2. The smallest absolute Gasteiger partial charge is 0.332 e. The molecule has 0 aliphatic carbocycles. The van der Waals surface area contributed by atoms with Gasteiger partial charge in [-0.25, -0.2) is 9.69 Å². The van der Waals surface area contributed by atoms with E-state index in [1.54, 1.807) is 13.8 Å². The first kappa shape index (κ1) is 15.3. The number of urea groups is 1. The Bertz CT molecular complexity index is 632. The van der Waals surface area contributed by atoms with Gasteiger partial charge in [-0.05, 0) is 31.5 Å². The van der Waals surface area contributed by atoms with Gasteiger partial charge in [-0.15, -0.1) is 0 Å². The maximum Gasteiger partial charge on any atom is 0.332 e. The molecule has 1 atom stereocenters. The monoisotopic (exact) mass is 307 g/mol. The molecule has 1 heterocycles. The van der Waals surface area contributed by atoms with E-state index in [-0.39, 0.29) is 10.6 Å².